The third kappa shape index (κ3) is 7.66. The molecule has 6 nitrogen and oxygen atoms in total. The number of hydrogen-bond donors (Lipinski definition) is 3. The molecule has 2 amide bonds. The summed E-state index contributed by atoms with van der Waals surface area (Å²) in [5.74, 6) is -1.16. The molecule has 19 heavy (non-hydrogen) atoms. The number of carboxylic acid groups (broad SMARTS) is 1. The minimum atomic E-state index is -0.794. The van der Waals surface area contributed by atoms with Crippen LogP contribution in [0.5, 0.6) is 0 Å². The topological polar surface area (TPSA) is 81.7 Å². The van der Waals surface area contributed by atoms with E-state index < -0.39 is 5.97 Å². The summed E-state index contributed by atoms with van der Waals surface area (Å²) in [7, 11) is 3.93. The van der Waals surface area contributed by atoms with Crippen LogP contribution < -0.4 is 10.6 Å². The van der Waals surface area contributed by atoms with E-state index in [1.165, 1.54) is 0 Å². The van der Waals surface area contributed by atoms with Gasteiger partial charge >= 0.3 is 12.0 Å². The third-order valence-corrected chi connectivity index (χ3v) is 3.41. The molecular formula is C13H27N3O3. The van der Waals surface area contributed by atoms with E-state index in [1.807, 2.05) is 32.8 Å². The summed E-state index contributed by atoms with van der Waals surface area (Å²) in [5, 5.41) is 14.2. The summed E-state index contributed by atoms with van der Waals surface area (Å²) < 4.78 is 0. The van der Waals surface area contributed by atoms with Crippen molar-refractivity contribution in [3.8, 4) is 0 Å². The van der Waals surface area contributed by atoms with Gasteiger partial charge in [-0.1, -0.05) is 6.92 Å². The van der Waals surface area contributed by atoms with Crippen molar-refractivity contribution >= 4 is 12.0 Å². The summed E-state index contributed by atoms with van der Waals surface area (Å²) in [4.78, 5) is 24.2. The van der Waals surface area contributed by atoms with Gasteiger partial charge in [0.2, 0.25) is 0 Å². The van der Waals surface area contributed by atoms with Crippen LogP contribution in [0.15, 0.2) is 0 Å². The van der Waals surface area contributed by atoms with E-state index in [9.17, 15) is 9.59 Å². The summed E-state index contributed by atoms with van der Waals surface area (Å²) in [6.45, 7) is 6.80. The highest BCUT2D eigenvalue weighted by Gasteiger charge is 2.20. The predicted molar refractivity (Wildman–Crippen MR) is 75.2 cm³/mol. The molecule has 1 unspecified atom stereocenters. The number of nitrogens with one attached hydrogen (secondary N) is 2. The van der Waals surface area contributed by atoms with Crippen molar-refractivity contribution in [3.63, 3.8) is 0 Å². The molecule has 0 spiro atoms. The fourth-order valence-electron chi connectivity index (χ4n) is 1.25. The number of aliphatic carboxylic acids is 1. The standard InChI is InChI=1S/C13H27N3O3/c1-10(11(17)18)7-6-8-14-12(19)15-9-13(2,3)16(4)5/h10H,6-9H2,1-5H3,(H,17,18)(H2,14,15,19). The molecule has 0 bridgehead atoms. The van der Waals surface area contributed by atoms with Crippen LogP contribution in [0.25, 0.3) is 0 Å². The summed E-state index contributed by atoms with van der Waals surface area (Å²) >= 11 is 0. The number of carbonyl (C=O) groups is 2. The Morgan fingerprint density at radius 1 is 1.26 bits per heavy atom. The fourth-order valence-corrected chi connectivity index (χ4v) is 1.25. The van der Waals surface area contributed by atoms with Gasteiger partial charge in [-0.05, 0) is 40.8 Å². The van der Waals surface area contributed by atoms with Gasteiger partial charge < -0.3 is 20.6 Å². The quantitative estimate of drug-likeness (QED) is 0.579. The van der Waals surface area contributed by atoms with Crippen molar-refractivity contribution in [2.75, 3.05) is 27.2 Å². The highest BCUT2D eigenvalue weighted by Crippen LogP contribution is 2.07. The lowest BCUT2D eigenvalue weighted by atomic mass is 10.0. The molecule has 0 saturated carbocycles. The number of likely N-dealkylation sites (N-methyl/N-ethyl adjacent to an activating group) is 1. The minimum absolute atomic E-state index is 0.102. The average molecular weight is 273 g/mol. The molecule has 6 heteroatoms. The lowest BCUT2D eigenvalue weighted by Crippen LogP contribution is -2.50. The largest absolute Gasteiger partial charge is 0.481 e. The molecule has 3 N–H and O–H groups in total. The molecular weight excluding hydrogens is 246 g/mol. The van der Waals surface area contributed by atoms with Crippen molar-refractivity contribution in [2.45, 2.75) is 39.2 Å². The average Bonchev–Trinajstić information content (AvgIpc) is 2.31. The van der Waals surface area contributed by atoms with E-state index >= 15 is 0 Å². The van der Waals surface area contributed by atoms with Crippen LogP contribution in [-0.2, 0) is 4.79 Å². The van der Waals surface area contributed by atoms with Crippen LogP contribution in [-0.4, -0.2) is 54.7 Å². The van der Waals surface area contributed by atoms with Crippen LogP contribution in [0, 0.1) is 5.92 Å². The first-order valence-corrected chi connectivity index (χ1v) is 6.58. The number of carbonyl (C=O) groups excluding carboxylic acids is 1. The van der Waals surface area contributed by atoms with E-state index in [-0.39, 0.29) is 17.5 Å². The van der Waals surface area contributed by atoms with Crippen LogP contribution in [0.3, 0.4) is 0 Å². The third-order valence-electron chi connectivity index (χ3n) is 3.41. The maximum Gasteiger partial charge on any atom is 0.314 e. The zero-order valence-corrected chi connectivity index (χ0v) is 12.6. The Labute approximate surface area is 115 Å². The summed E-state index contributed by atoms with van der Waals surface area (Å²) in [5.41, 5.74) is -0.102. The molecule has 0 fully saturated rings. The molecule has 0 saturated heterocycles. The molecule has 0 aromatic heterocycles. The van der Waals surface area contributed by atoms with Crippen LogP contribution in [0.2, 0.25) is 0 Å². The Balaban J connectivity index is 3.75. The van der Waals surface area contributed by atoms with Gasteiger partial charge in [0.25, 0.3) is 0 Å². The highest BCUT2D eigenvalue weighted by atomic mass is 16.4. The Kier molecular flexibility index (Phi) is 7.44. The molecule has 0 rings (SSSR count). The second-order valence-corrected chi connectivity index (χ2v) is 5.70. The molecule has 0 aromatic carbocycles. The van der Waals surface area contributed by atoms with Gasteiger partial charge in [-0.25, -0.2) is 4.79 Å². The first-order chi connectivity index (χ1) is 8.66. The molecule has 1 atom stereocenters. The number of hydrogen-bond acceptors (Lipinski definition) is 3. The van der Waals surface area contributed by atoms with E-state index in [2.05, 4.69) is 10.6 Å². The van der Waals surface area contributed by atoms with Gasteiger partial charge in [0.15, 0.2) is 0 Å². The molecule has 0 aliphatic carbocycles. The Morgan fingerprint density at radius 3 is 2.32 bits per heavy atom. The zero-order chi connectivity index (χ0) is 15.1. The van der Waals surface area contributed by atoms with Gasteiger partial charge in [0.05, 0.1) is 5.92 Å². The first-order valence-electron chi connectivity index (χ1n) is 6.58. The number of rotatable bonds is 8. The van der Waals surface area contributed by atoms with Crippen molar-refractivity contribution in [1.82, 2.24) is 15.5 Å². The molecule has 0 radical (unpaired) electrons. The molecule has 0 aliphatic heterocycles. The van der Waals surface area contributed by atoms with Crippen molar-refractivity contribution in [2.24, 2.45) is 5.92 Å². The summed E-state index contributed by atoms with van der Waals surface area (Å²) in [6, 6.07) is -0.210. The Morgan fingerprint density at radius 2 is 1.84 bits per heavy atom. The lowest BCUT2D eigenvalue weighted by molar-refractivity contribution is -0.141. The van der Waals surface area contributed by atoms with E-state index in [0.717, 1.165) is 0 Å². The van der Waals surface area contributed by atoms with E-state index in [4.69, 9.17) is 5.11 Å². The normalized spacial score (nSPS) is 13.2. The smallest absolute Gasteiger partial charge is 0.314 e. The predicted octanol–water partition coefficient (Wildman–Crippen LogP) is 1.13. The lowest BCUT2D eigenvalue weighted by Gasteiger charge is -2.32. The first kappa shape index (κ1) is 17.7. The molecule has 0 aliphatic rings. The Hall–Kier alpha value is -1.30. The van der Waals surface area contributed by atoms with Crippen LogP contribution in [0.1, 0.15) is 33.6 Å². The monoisotopic (exact) mass is 273 g/mol. The number of amides is 2. The number of nitrogens with zero attached hydrogens (tertiary/aromatic N) is 1. The second-order valence-electron chi connectivity index (χ2n) is 5.70. The molecule has 0 aromatic rings. The van der Waals surface area contributed by atoms with Crippen molar-refractivity contribution in [3.05, 3.63) is 0 Å². The summed E-state index contributed by atoms with van der Waals surface area (Å²) in [6.07, 6.45) is 1.23. The zero-order valence-electron chi connectivity index (χ0n) is 12.6. The van der Waals surface area contributed by atoms with Gasteiger partial charge in [-0.15, -0.1) is 0 Å². The van der Waals surface area contributed by atoms with E-state index in [1.54, 1.807) is 6.92 Å². The van der Waals surface area contributed by atoms with Crippen LogP contribution in [0.4, 0.5) is 4.79 Å². The van der Waals surface area contributed by atoms with Gasteiger partial charge in [-0.3, -0.25) is 4.79 Å². The van der Waals surface area contributed by atoms with Crippen molar-refractivity contribution < 1.29 is 14.7 Å². The maximum absolute atomic E-state index is 11.5. The fraction of sp³-hybridized carbons (Fsp3) is 0.846. The van der Waals surface area contributed by atoms with Crippen LogP contribution >= 0.6 is 0 Å². The van der Waals surface area contributed by atoms with Gasteiger partial charge in [0.1, 0.15) is 0 Å². The SMILES string of the molecule is CC(CCCNC(=O)NCC(C)(C)N(C)C)C(=O)O. The number of carboxylic acids is 1. The molecule has 112 valence electrons. The minimum Gasteiger partial charge on any atom is -0.481 e. The number of urea groups is 1. The van der Waals surface area contributed by atoms with E-state index in [0.29, 0.717) is 25.9 Å². The van der Waals surface area contributed by atoms with Gasteiger partial charge in [-0.2, -0.15) is 0 Å². The molecule has 0 heterocycles. The Bertz CT molecular complexity index is 304. The highest BCUT2D eigenvalue weighted by molar-refractivity contribution is 5.73. The second kappa shape index (κ2) is 7.99. The van der Waals surface area contributed by atoms with Gasteiger partial charge in [0, 0.05) is 18.6 Å². The maximum atomic E-state index is 11.5. The van der Waals surface area contributed by atoms with Crippen molar-refractivity contribution in [1.29, 1.82) is 0 Å².